The summed E-state index contributed by atoms with van der Waals surface area (Å²) in [7, 11) is 3.17. The minimum absolute atomic E-state index is 0.268. The van der Waals surface area contributed by atoms with Gasteiger partial charge in [-0.15, -0.1) is 0 Å². The van der Waals surface area contributed by atoms with Gasteiger partial charge in [0.05, 0.1) is 20.3 Å². The largest absolute Gasteiger partial charge is 0.493 e. The fourth-order valence-electron chi connectivity index (χ4n) is 1.69. The fraction of sp³-hybridized carbons (Fsp3) is 0.500. The molecule has 0 bridgehead atoms. The molecule has 1 N–H and O–H groups in total. The Bertz CT molecular complexity index is 471. The van der Waals surface area contributed by atoms with E-state index in [0.29, 0.717) is 11.5 Å². The number of ether oxygens (including phenoxy) is 2. The zero-order valence-electron chi connectivity index (χ0n) is 11.7. The highest BCUT2D eigenvalue weighted by Gasteiger charge is 2.19. The summed E-state index contributed by atoms with van der Waals surface area (Å²) < 4.78 is 11.3. The summed E-state index contributed by atoms with van der Waals surface area (Å²) in [4.78, 5) is 0. The van der Waals surface area contributed by atoms with Crippen LogP contribution in [-0.4, -0.2) is 20.3 Å². The first kappa shape index (κ1) is 15.8. The van der Waals surface area contributed by atoms with Gasteiger partial charge in [0.25, 0.3) is 0 Å². The molecule has 0 aliphatic heterocycles. The maximum atomic E-state index is 9.33. The van der Waals surface area contributed by atoms with E-state index in [4.69, 9.17) is 9.47 Å². The standard InChI is InChI=1S/C14H19BrN2O2/c1-5-9(2)17-12(8-16)10-6-13(18-3)14(19-4)7-11(10)15/h6-7,9,12,17H,5H2,1-4H3. The summed E-state index contributed by atoms with van der Waals surface area (Å²) in [6.07, 6.45) is 0.961. The SMILES string of the molecule is CCC(C)NC(C#N)c1cc(OC)c(OC)cc1Br. The van der Waals surface area contributed by atoms with Crippen LogP contribution in [-0.2, 0) is 0 Å². The molecular weight excluding hydrogens is 308 g/mol. The van der Waals surface area contributed by atoms with E-state index in [1.54, 1.807) is 14.2 Å². The van der Waals surface area contributed by atoms with E-state index in [1.165, 1.54) is 0 Å². The second-order valence-electron chi connectivity index (χ2n) is 4.27. The molecule has 1 rings (SSSR count). The van der Waals surface area contributed by atoms with Crippen molar-refractivity contribution in [1.29, 1.82) is 5.26 Å². The minimum Gasteiger partial charge on any atom is -0.493 e. The van der Waals surface area contributed by atoms with E-state index < -0.39 is 0 Å². The van der Waals surface area contributed by atoms with Crippen molar-refractivity contribution >= 4 is 15.9 Å². The maximum absolute atomic E-state index is 9.33. The summed E-state index contributed by atoms with van der Waals surface area (Å²) >= 11 is 3.48. The molecular formula is C14H19BrN2O2. The van der Waals surface area contributed by atoms with Gasteiger partial charge in [0.1, 0.15) is 6.04 Å². The molecule has 2 unspecified atom stereocenters. The van der Waals surface area contributed by atoms with Crippen molar-refractivity contribution in [2.24, 2.45) is 0 Å². The number of nitrogens with one attached hydrogen (secondary N) is 1. The van der Waals surface area contributed by atoms with Crippen LogP contribution in [0, 0.1) is 11.3 Å². The summed E-state index contributed by atoms with van der Waals surface area (Å²) in [5.41, 5.74) is 0.848. The number of nitrogens with zero attached hydrogens (tertiary/aromatic N) is 1. The Hall–Kier alpha value is -1.25. The van der Waals surface area contributed by atoms with E-state index in [9.17, 15) is 5.26 Å². The number of halogens is 1. The predicted molar refractivity (Wildman–Crippen MR) is 78.5 cm³/mol. The average molecular weight is 327 g/mol. The maximum Gasteiger partial charge on any atom is 0.161 e. The second kappa shape index (κ2) is 7.37. The molecule has 0 heterocycles. The number of methoxy groups -OCH3 is 2. The number of benzene rings is 1. The predicted octanol–water partition coefficient (Wildman–Crippen LogP) is 3.42. The Morgan fingerprint density at radius 2 is 1.89 bits per heavy atom. The first-order valence-electron chi connectivity index (χ1n) is 6.14. The van der Waals surface area contributed by atoms with Crippen LogP contribution in [0.3, 0.4) is 0 Å². The lowest BCUT2D eigenvalue weighted by molar-refractivity contribution is 0.353. The van der Waals surface area contributed by atoms with Crippen LogP contribution in [0.4, 0.5) is 0 Å². The van der Waals surface area contributed by atoms with Gasteiger partial charge in [0.2, 0.25) is 0 Å². The molecule has 0 radical (unpaired) electrons. The van der Waals surface area contributed by atoms with E-state index in [2.05, 4.69) is 41.2 Å². The molecule has 0 saturated heterocycles. The summed E-state index contributed by atoms with van der Waals surface area (Å²) in [5.74, 6) is 1.25. The molecule has 0 aromatic heterocycles. The monoisotopic (exact) mass is 326 g/mol. The van der Waals surface area contributed by atoms with Crippen molar-refractivity contribution in [3.63, 3.8) is 0 Å². The number of hydrogen-bond donors (Lipinski definition) is 1. The van der Waals surface area contributed by atoms with Crippen molar-refractivity contribution in [3.8, 4) is 17.6 Å². The number of rotatable bonds is 6. The second-order valence-corrected chi connectivity index (χ2v) is 5.12. The minimum atomic E-state index is -0.385. The molecule has 0 amide bonds. The van der Waals surface area contributed by atoms with Crippen LogP contribution in [0.25, 0.3) is 0 Å². The summed E-state index contributed by atoms with van der Waals surface area (Å²) in [5, 5.41) is 12.6. The molecule has 19 heavy (non-hydrogen) atoms. The third-order valence-electron chi connectivity index (χ3n) is 3.01. The lowest BCUT2D eigenvalue weighted by Gasteiger charge is -2.19. The molecule has 5 heteroatoms. The molecule has 2 atom stereocenters. The number of nitriles is 1. The lowest BCUT2D eigenvalue weighted by Crippen LogP contribution is -2.29. The van der Waals surface area contributed by atoms with Gasteiger partial charge in [-0.3, -0.25) is 5.32 Å². The van der Waals surface area contributed by atoms with Crippen LogP contribution in [0.2, 0.25) is 0 Å². The van der Waals surface area contributed by atoms with Crippen molar-refractivity contribution in [1.82, 2.24) is 5.32 Å². The molecule has 0 aliphatic rings. The Morgan fingerprint density at radius 1 is 1.32 bits per heavy atom. The third kappa shape index (κ3) is 3.85. The molecule has 0 spiro atoms. The van der Waals surface area contributed by atoms with Gasteiger partial charge in [-0.2, -0.15) is 5.26 Å². The average Bonchev–Trinajstić information content (AvgIpc) is 2.44. The van der Waals surface area contributed by atoms with Crippen LogP contribution in [0.15, 0.2) is 16.6 Å². The van der Waals surface area contributed by atoms with Gasteiger partial charge in [-0.25, -0.2) is 0 Å². The fourth-order valence-corrected chi connectivity index (χ4v) is 2.24. The zero-order chi connectivity index (χ0) is 14.4. The first-order valence-corrected chi connectivity index (χ1v) is 6.93. The topological polar surface area (TPSA) is 54.3 Å². The molecule has 1 aromatic rings. The van der Waals surface area contributed by atoms with Crippen molar-refractivity contribution in [2.75, 3.05) is 14.2 Å². The molecule has 1 aromatic carbocycles. The van der Waals surface area contributed by atoms with Gasteiger partial charge >= 0.3 is 0 Å². The van der Waals surface area contributed by atoms with Gasteiger partial charge in [-0.05, 0) is 25.5 Å². The third-order valence-corrected chi connectivity index (χ3v) is 3.69. The molecule has 0 saturated carbocycles. The summed E-state index contributed by atoms with van der Waals surface area (Å²) in [6.45, 7) is 4.13. The highest BCUT2D eigenvalue weighted by atomic mass is 79.9. The van der Waals surface area contributed by atoms with E-state index in [1.807, 2.05) is 12.1 Å². The van der Waals surface area contributed by atoms with Crippen LogP contribution < -0.4 is 14.8 Å². The van der Waals surface area contributed by atoms with Gasteiger partial charge < -0.3 is 9.47 Å². The molecule has 0 aliphatic carbocycles. The van der Waals surface area contributed by atoms with Crippen LogP contribution >= 0.6 is 15.9 Å². The first-order chi connectivity index (χ1) is 9.07. The Balaban J connectivity index is 3.14. The molecule has 4 nitrogen and oxygen atoms in total. The zero-order valence-corrected chi connectivity index (χ0v) is 13.2. The Kier molecular flexibility index (Phi) is 6.13. The summed E-state index contributed by atoms with van der Waals surface area (Å²) in [6, 6.07) is 5.80. The van der Waals surface area contributed by atoms with E-state index in [0.717, 1.165) is 16.5 Å². The normalized spacial score (nSPS) is 13.5. The quantitative estimate of drug-likeness (QED) is 0.870. The smallest absolute Gasteiger partial charge is 0.161 e. The highest BCUT2D eigenvalue weighted by molar-refractivity contribution is 9.10. The highest BCUT2D eigenvalue weighted by Crippen LogP contribution is 2.36. The van der Waals surface area contributed by atoms with E-state index in [-0.39, 0.29) is 12.1 Å². The van der Waals surface area contributed by atoms with Crippen molar-refractivity contribution in [3.05, 3.63) is 22.2 Å². The van der Waals surface area contributed by atoms with Crippen LogP contribution in [0.5, 0.6) is 11.5 Å². The van der Waals surface area contributed by atoms with Gasteiger partial charge in [-0.1, -0.05) is 22.9 Å². The van der Waals surface area contributed by atoms with Gasteiger partial charge in [0, 0.05) is 16.1 Å². The number of hydrogen-bond acceptors (Lipinski definition) is 4. The molecule has 104 valence electrons. The Labute approximate surface area is 122 Å². The van der Waals surface area contributed by atoms with Crippen molar-refractivity contribution in [2.45, 2.75) is 32.4 Å². The van der Waals surface area contributed by atoms with Crippen molar-refractivity contribution < 1.29 is 9.47 Å². The molecule has 0 fully saturated rings. The Morgan fingerprint density at radius 3 is 2.37 bits per heavy atom. The lowest BCUT2D eigenvalue weighted by atomic mass is 10.1. The van der Waals surface area contributed by atoms with Crippen LogP contribution in [0.1, 0.15) is 31.9 Å². The van der Waals surface area contributed by atoms with E-state index >= 15 is 0 Å². The van der Waals surface area contributed by atoms with Gasteiger partial charge in [0.15, 0.2) is 11.5 Å².